The van der Waals surface area contributed by atoms with Gasteiger partial charge in [0.25, 0.3) is 5.91 Å². The highest BCUT2D eigenvalue weighted by molar-refractivity contribution is 7.14. The molecule has 0 spiro atoms. The van der Waals surface area contributed by atoms with Crippen molar-refractivity contribution in [1.82, 2.24) is 4.98 Å². The van der Waals surface area contributed by atoms with Gasteiger partial charge in [0, 0.05) is 10.9 Å². The van der Waals surface area contributed by atoms with Crippen LogP contribution in [0.2, 0.25) is 0 Å². The van der Waals surface area contributed by atoms with Gasteiger partial charge in [0.2, 0.25) is 5.91 Å². The predicted molar refractivity (Wildman–Crippen MR) is 118 cm³/mol. The standard InChI is InChI=1S/C23H23N3O3S/c27-21(25-19-12-6-7-13-20(19)29-18-10-4-5-11-18)14-17-15-30-23(24-17)26-22(28)16-8-2-1-3-9-16/h1-3,6-9,12-13,15,18H,4-5,10-11,14H2,(H,25,27)(H,24,26,28). The fourth-order valence-corrected chi connectivity index (χ4v) is 4.13. The SMILES string of the molecule is O=C(Cc1csc(NC(=O)c2ccccc2)n1)Nc1ccccc1OC1CCCC1. The molecule has 0 bridgehead atoms. The van der Waals surface area contributed by atoms with Gasteiger partial charge in [-0.2, -0.15) is 0 Å². The van der Waals surface area contributed by atoms with E-state index in [1.807, 2.05) is 30.3 Å². The molecule has 0 atom stereocenters. The number of aromatic nitrogens is 1. The van der Waals surface area contributed by atoms with Crippen molar-refractivity contribution in [2.75, 3.05) is 10.6 Å². The van der Waals surface area contributed by atoms with Crippen LogP contribution in [0.4, 0.5) is 10.8 Å². The molecule has 2 N–H and O–H groups in total. The molecular formula is C23H23N3O3S. The molecular weight excluding hydrogens is 398 g/mol. The highest BCUT2D eigenvalue weighted by Crippen LogP contribution is 2.30. The van der Waals surface area contributed by atoms with Crippen molar-refractivity contribution in [1.29, 1.82) is 0 Å². The first-order chi connectivity index (χ1) is 14.7. The highest BCUT2D eigenvalue weighted by atomic mass is 32.1. The summed E-state index contributed by atoms with van der Waals surface area (Å²) in [5.41, 5.74) is 1.84. The van der Waals surface area contributed by atoms with E-state index < -0.39 is 0 Å². The molecule has 6 nitrogen and oxygen atoms in total. The van der Waals surface area contributed by atoms with Crippen molar-refractivity contribution < 1.29 is 14.3 Å². The van der Waals surface area contributed by atoms with Crippen LogP contribution < -0.4 is 15.4 Å². The average molecular weight is 422 g/mol. The van der Waals surface area contributed by atoms with E-state index in [1.54, 1.807) is 29.6 Å². The molecule has 7 heteroatoms. The lowest BCUT2D eigenvalue weighted by atomic mass is 10.2. The molecule has 0 radical (unpaired) electrons. The lowest BCUT2D eigenvalue weighted by Crippen LogP contribution is -2.17. The summed E-state index contributed by atoms with van der Waals surface area (Å²) in [5.74, 6) is 0.300. The largest absolute Gasteiger partial charge is 0.488 e. The summed E-state index contributed by atoms with van der Waals surface area (Å²) in [5, 5.41) is 7.94. The number of carbonyl (C=O) groups is 2. The third-order valence-corrected chi connectivity index (χ3v) is 5.71. The maximum absolute atomic E-state index is 12.5. The van der Waals surface area contributed by atoms with E-state index in [-0.39, 0.29) is 24.3 Å². The van der Waals surface area contributed by atoms with Gasteiger partial charge in [-0.05, 0) is 49.9 Å². The number of nitrogens with zero attached hydrogens (tertiary/aromatic N) is 1. The zero-order chi connectivity index (χ0) is 20.8. The van der Waals surface area contributed by atoms with Crippen LogP contribution in [0.1, 0.15) is 41.7 Å². The summed E-state index contributed by atoms with van der Waals surface area (Å²) in [4.78, 5) is 29.1. The number of hydrogen-bond acceptors (Lipinski definition) is 5. The van der Waals surface area contributed by atoms with Crippen molar-refractivity contribution in [3.8, 4) is 5.75 Å². The fraction of sp³-hybridized carbons (Fsp3) is 0.261. The maximum atomic E-state index is 12.5. The summed E-state index contributed by atoms with van der Waals surface area (Å²) >= 11 is 1.30. The first kappa shape index (κ1) is 20.1. The van der Waals surface area contributed by atoms with Crippen LogP contribution in [0.3, 0.4) is 0 Å². The Morgan fingerprint density at radius 1 is 1.00 bits per heavy atom. The minimum Gasteiger partial charge on any atom is -0.488 e. The Labute approximate surface area is 179 Å². The van der Waals surface area contributed by atoms with E-state index in [0.29, 0.717) is 27.8 Å². The van der Waals surface area contributed by atoms with Gasteiger partial charge in [0.15, 0.2) is 5.13 Å². The Kier molecular flexibility index (Phi) is 6.39. The average Bonchev–Trinajstić information content (AvgIpc) is 3.42. The number of ether oxygens (including phenoxy) is 1. The molecule has 0 saturated heterocycles. The van der Waals surface area contributed by atoms with Crippen molar-refractivity contribution >= 4 is 34.0 Å². The monoisotopic (exact) mass is 421 g/mol. The zero-order valence-corrected chi connectivity index (χ0v) is 17.3. The molecule has 1 fully saturated rings. The Morgan fingerprint density at radius 2 is 1.73 bits per heavy atom. The molecule has 1 saturated carbocycles. The van der Waals surface area contributed by atoms with Crippen molar-refractivity contribution in [2.24, 2.45) is 0 Å². The Hall–Kier alpha value is -3.19. The summed E-state index contributed by atoms with van der Waals surface area (Å²) < 4.78 is 6.07. The van der Waals surface area contributed by atoms with Crippen LogP contribution in [0.5, 0.6) is 5.75 Å². The van der Waals surface area contributed by atoms with Crippen molar-refractivity contribution in [2.45, 2.75) is 38.2 Å². The third kappa shape index (κ3) is 5.24. The number of benzene rings is 2. The van der Waals surface area contributed by atoms with Gasteiger partial charge in [0.05, 0.1) is 23.9 Å². The van der Waals surface area contributed by atoms with Gasteiger partial charge in [-0.15, -0.1) is 11.3 Å². The van der Waals surface area contributed by atoms with Gasteiger partial charge in [-0.1, -0.05) is 30.3 Å². The highest BCUT2D eigenvalue weighted by Gasteiger charge is 2.19. The number of thiazole rings is 1. The lowest BCUT2D eigenvalue weighted by molar-refractivity contribution is -0.115. The zero-order valence-electron chi connectivity index (χ0n) is 16.5. The Bertz CT molecular complexity index is 1010. The Balaban J connectivity index is 1.34. The normalized spacial score (nSPS) is 13.7. The molecule has 0 unspecified atom stereocenters. The van der Waals surface area contributed by atoms with Crippen LogP contribution in [-0.4, -0.2) is 22.9 Å². The molecule has 0 aliphatic heterocycles. The molecule has 30 heavy (non-hydrogen) atoms. The van der Waals surface area contributed by atoms with E-state index in [0.717, 1.165) is 12.8 Å². The third-order valence-electron chi connectivity index (χ3n) is 4.91. The second kappa shape index (κ2) is 9.54. The summed E-state index contributed by atoms with van der Waals surface area (Å²) in [6.07, 6.45) is 4.82. The fourth-order valence-electron chi connectivity index (χ4n) is 3.42. The first-order valence-electron chi connectivity index (χ1n) is 10.0. The number of para-hydroxylation sites is 2. The van der Waals surface area contributed by atoms with Crippen LogP contribution in [0.25, 0.3) is 0 Å². The minimum atomic E-state index is -0.223. The van der Waals surface area contributed by atoms with Gasteiger partial charge in [-0.3, -0.25) is 14.9 Å². The van der Waals surface area contributed by atoms with E-state index >= 15 is 0 Å². The van der Waals surface area contributed by atoms with Gasteiger partial charge < -0.3 is 10.1 Å². The predicted octanol–water partition coefficient (Wildman–Crippen LogP) is 4.90. The van der Waals surface area contributed by atoms with Gasteiger partial charge in [0.1, 0.15) is 5.75 Å². The number of rotatable bonds is 7. The second-order valence-electron chi connectivity index (χ2n) is 7.21. The van der Waals surface area contributed by atoms with Crippen LogP contribution in [0, 0.1) is 0 Å². The number of anilines is 2. The molecule has 3 aromatic rings. The number of nitrogens with one attached hydrogen (secondary N) is 2. The molecule has 1 aliphatic rings. The maximum Gasteiger partial charge on any atom is 0.257 e. The second-order valence-corrected chi connectivity index (χ2v) is 8.07. The van der Waals surface area contributed by atoms with Crippen LogP contribution in [-0.2, 0) is 11.2 Å². The molecule has 1 aromatic heterocycles. The molecule has 1 aliphatic carbocycles. The number of hydrogen-bond donors (Lipinski definition) is 2. The summed E-state index contributed by atoms with van der Waals surface area (Å²) in [6, 6.07) is 16.4. The lowest BCUT2D eigenvalue weighted by Gasteiger charge is -2.16. The smallest absolute Gasteiger partial charge is 0.257 e. The molecule has 2 aromatic carbocycles. The van der Waals surface area contributed by atoms with Crippen molar-refractivity contribution in [3.63, 3.8) is 0 Å². The van der Waals surface area contributed by atoms with Gasteiger partial charge in [-0.25, -0.2) is 4.98 Å². The molecule has 1 heterocycles. The topological polar surface area (TPSA) is 80.3 Å². The first-order valence-corrected chi connectivity index (χ1v) is 10.9. The number of amides is 2. The summed E-state index contributed by atoms with van der Waals surface area (Å²) in [7, 11) is 0. The van der Waals surface area contributed by atoms with E-state index in [2.05, 4.69) is 15.6 Å². The van der Waals surface area contributed by atoms with E-state index in [4.69, 9.17) is 4.74 Å². The van der Waals surface area contributed by atoms with Crippen LogP contribution >= 0.6 is 11.3 Å². The molecule has 4 rings (SSSR count). The minimum absolute atomic E-state index is 0.121. The molecule has 2 amide bonds. The Morgan fingerprint density at radius 3 is 2.53 bits per heavy atom. The van der Waals surface area contributed by atoms with Crippen LogP contribution in [0.15, 0.2) is 60.0 Å². The van der Waals surface area contributed by atoms with E-state index in [9.17, 15) is 9.59 Å². The van der Waals surface area contributed by atoms with Crippen molar-refractivity contribution in [3.05, 3.63) is 71.2 Å². The summed E-state index contributed by atoms with van der Waals surface area (Å²) in [6.45, 7) is 0. The quantitative estimate of drug-likeness (QED) is 0.569. The van der Waals surface area contributed by atoms with E-state index in [1.165, 1.54) is 24.2 Å². The molecule has 154 valence electrons. The number of carbonyl (C=O) groups excluding carboxylic acids is 2. The van der Waals surface area contributed by atoms with Gasteiger partial charge >= 0.3 is 0 Å².